The van der Waals surface area contributed by atoms with Crippen LogP contribution in [0.3, 0.4) is 0 Å². The van der Waals surface area contributed by atoms with Gasteiger partial charge in [0.1, 0.15) is 17.8 Å². The van der Waals surface area contributed by atoms with E-state index in [1.807, 2.05) is 38.1 Å². The first-order chi connectivity index (χ1) is 17.0. The third kappa shape index (κ3) is 10.1. The number of rotatable bonds is 7. The number of carbonyl (C=O) groups excluding carboxylic acids is 2. The summed E-state index contributed by atoms with van der Waals surface area (Å²) in [5.74, 6) is -0.861. The summed E-state index contributed by atoms with van der Waals surface area (Å²) in [6, 6.07) is 10.4. The lowest BCUT2D eigenvalue weighted by atomic mass is 9.88. The molecule has 1 aromatic carbocycles. The van der Waals surface area contributed by atoms with Crippen molar-refractivity contribution in [1.29, 1.82) is 0 Å². The van der Waals surface area contributed by atoms with Crippen LogP contribution in [-0.2, 0) is 25.5 Å². The van der Waals surface area contributed by atoms with Crippen LogP contribution in [0.5, 0.6) is 0 Å². The monoisotopic (exact) mass is 498 g/mol. The number of aryl methyl sites for hydroxylation is 1. The van der Waals surface area contributed by atoms with E-state index >= 15 is 0 Å². The second kappa shape index (κ2) is 14.1. The summed E-state index contributed by atoms with van der Waals surface area (Å²) in [5, 5.41) is 21.2. The van der Waals surface area contributed by atoms with Gasteiger partial charge in [-0.05, 0) is 62.7 Å². The zero-order valence-electron chi connectivity index (χ0n) is 22.2. The third-order valence-electron chi connectivity index (χ3n) is 6.60. The molecule has 0 saturated heterocycles. The number of carbonyl (C=O) groups is 2. The minimum absolute atomic E-state index is 0.160. The predicted molar refractivity (Wildman–Crippen MR) is 141 cm³/mol. The molecule has 6 nitrogen and oxygen atoms in total. The molecule has 1 aliphatic heterocycles. The summed E-state index contributed by atoms with van der Waals surface area (Å²) in [6.07, 6.45) is 9.34. The summed E-state index contributed by atoms with van der Waals surface area (Å²) in [7, 11) is 0. The Labute approximate surface area is 215 Å². The summed E-state index contributed by atoms with van der Waals surface area (Å²) in [4.78, 5) is 24.2. The topological polar surface area (TPSA) is 93.1 Å². The largest absolute Gasteiger partial charge is 0.457 e. The summed E-state index contributed by atoms with van der Waals surface area (Å²) in [6.45, 7) is 8.84. The molecule has 0 saturated carbocycles. The fraction of sp³-hybridized carbons (Fsp3) is 0.533. The number of aliphatic hydroxyl groups excluding tert-OH is 1. The third-order valence-corrected chi connectivity index (χ3v) is 6.60. The zero-order chi connectivity index (χ0) is 26.7. The molecule has 0 radical (unpaired) electrons. The van der Waals surface area contributed by atoms with Crippen LogP contribution in [0.15, 0.2) is 66.3 Å². The maximum atomic E-state index is 12.6. The Hall–Kier alpha value is -2.70. The smallest absolute Gasteiger partial charge is 0.309 e. The molecule has 36 heavy (non-hydrogen) atoms. The predicted octanol–water partition coefficient (Wildman–Crippen LogP) is 5.09. The van der Waals surface area contributed by atoms with Gasteiger partial charge in [-0.3, -0.25) is 9.59 Å². The van der Waals surface area contributed by atoms with Crippen molar-refractivity contribution in [3.8, 4) is 0 Å². The highest BCUT2D eigenvalue weighted by Crippen LogP contribution is 2.27. The number of hydrogen-bond donors (Lipinski definition) is 2. The van der Waals surface area contributed by atoms with Gasteiger partial charge in [0, 0.05) is 12.8 Å². The molecule has 0 amide bonds. The van der Waals surface area contributed by atoms with Crippen molar-refractivity contribution in [1.82, 2.24) is 0 Å². The molecule has 0 aromatic heterocycles. The van der Waals surface area contributed by atoms with E-state index in [1.54, 1.807) is 13.0 Å². The first-order valence-corrected chi connectivity index (χ1v) is 12.8. The molecular weight excluding hydrogens is 456 g/mol. The fourth-order valence-corrected chi connectivity index (χ4v) is 4.26. The molecule has 6 heteroatoms. The molecule has 2 rings (SSSR count). The Morgan fingerprint density at radius 1 is 1.25 bits per heavy atom. The Kier molecular flexibility index (Phi) is 11.6. The molecule has 6 atom stereocenters. The average molecular weight is 499 g/mol. The van der Waals surface area contributed by atoms with E-state index in [-0.39, 0.29) is 25.2 Å². The lowest BCUT2D eigenvalue weighted by Gasteiger charge is -2.32. The van der Waals surface area contributed by atoms with Gasteiger partial charge in [-0.15, -0.1) is 0 Å². The number of cyclic esters (lactones) is 1. The Morgan fingerprint density at radius 2 is 1.94 bits per heavy atom. The van der Waals surface area contributed by atoms with E-state index in [2.05, 4.69) is 37.3 Å². The van der Waals surface area contributed by atoms with E-state index in [9.17, 15) is 19.8 Å². The van der Waals surface area contributed by atoms with Gasteiger partial charge in [0.25, 0.3) is 0 Å². The molecule has 1 heterocycles. The number of hydrogen-bond acceptors (Lipinski definition) is 6. The van der Waals surface area contributed by atoms with Gasteiger partial charge in [0.2, 0.25) is 0 Å². The van der Waals surface area contributed by atoms with Crippen molar-refractivity contribution < 1.29 is 29.3 Å². The van der Waals surface area contributed by atoms with Crippen LogP contribution >= 0.6 is 0 Å². The standard InChI is InChI=1S/C30H42O6/c1-21(14-16-25-12-7-6-8-13-25)10-9-11-22(2)29-23(3)15-17-27(35-24(4)31)30(5,34)19-18-26(32)20-28(33)36-29/h6-13,15,17,21,23,26-27,29,32,34H,14,16,18-20H2,1-5H3/b10-9+,17-15+,22-11+/t21?,23-,26-,27-,29+,30-/m0/s1. The number of esters is 2. The van der Waals surface area contributed by atoms with Crippen molar-refractivity contribution in [3.63, 3.8) is 0 Å². The highest BCUT2D eigenvalue weighted by Gasteiger charge is 2.34. The first kappa shape index (κ1) is 29.5. The number of benzene rings is 1. The number of ether oxygens (including phenoxy) is 2. The van der Waals surface area contributed by atoms with E-state index in [4.69, 9.17) is 9.47 Å². The van der Waals surface area contributed by atoms with E-state index in [1.165, 1.54) is 12.5 Å². The quantitative estimate of drug-likeness (QED) is 0.309. The summed E-state index contributed by atoms with van der Waals surface area (Å²) < 4.78 is 11.1. The molecule has 0 bridgehead atoms. The molecule has 0 spiro atoms. The van der Waals surface area contributed by atoms with Crippen LogP contribution in [0.2, 0.25) is 0 Å². The Morgan fingerprint density at radius 3 is 2.61 bits per heavy atom. The zero-order valence-corrected chi connectivity index (χ0v) is 22.2. The number of allylic oxidation sites excluding steroid dienone is 3. The van der Waals surface area contributed by atoms with Gasteiger partial charge >= 0.3 is 11.9 Å². The molecule has 198 valence electrons. The Bertz CT molecular complexity index is 930. The van der Waals surface area contributed by atoms with Crippen molar-refractivity contribution >= 4 is 11.9 Å². The number of aliphatic hydroxyl groups is 2. The van der Waals surface area contributed by atoms with Gasteiger partial charge in [0.05, 0.1) is 12.5 Å². The van der Waals surface area contributed by atoms with Gasteiger partial charge < -0.3 is 19.7 Å². The minimum Gasteiger partial charge on any atom is -0.457 e. The van der Waals surface area contributed by atoms with Gasteiger partial charge in [0.15, 0.2) is 0 Å². The van der Waals surface area contributed by atoms with Crippen LogP contribution in [0.4, 0.5) is 0 Å². The lowest BCUT2D eigenvalue weighted by molar-refractivity contribution is -0.157. The van der Waals surface area contributed by atoms with Crippen LogP contribution in [0.25, 0.3) is 0 Å². The highest BCUT2D eigenvalue weighted by molar-refractivity contribution is 5.70. The van der Waals surface area contributed by atoms with Crippen molar-refractivity contribution in [2.24, 2.45) is 11.8 Å². The van der Waals surface area contributed by atoms with Crippen molar-refractivity contribution in [3.05, 3.63) is 71.8 Å². The van der Waals surface area contributed by atoms with Gasteiger partial charge in [-0.1, -0.05) is 68.5 Å². The molecule has 0 aliphatic carbocycles. The molecular formula is C30H42O6. The van der Waals surface area contributed by atoms with Gasteiger partial charge in [-0.2, -0.15) is 0 Å². The van der Waals surface area contributed by atoms with Crippen LogP contribution in [-0.4, -0.2) is 46.1 Å². The fourth-order valence-electron chi connectivity index (χ4n) is 4.26. The molecule has 2 N–H and O–H groups in total. The van der Waals surface area contributed by atoms with Gasteiger partial charge in [-0.25, -0.2) is 0 Å². The highest BCUT2D eigenvalue weighted by atomic mass is 16.6. The lowest BCUT2D eigenvalue weighted by Crippen LogP contribution is -2.42. The Balaban J connectivity index is 2.17. The van der Waals surface area contributed by atoms with E-state index in [0.717, 1.165) is 18.4 Å². The molecule has 1 unspecified atom stereocenters. The van der Waals surface area contributed by atoms with E-state index in [0.29, 0.717) is 5.92 Å². The van der Waals surface area contributed by atoms with Crippen LogP contribution < -0.4 is 0 Å². The van der Waals surface area contributed by atoms with Crippen LogP contribution in [0, 0.1) is 11.8 Å². The second-order valence-electron chi connectivity index (χ2n) is 10.2. The molecule has 1 aromatic rings. The van der Waals surface area contributed by atoms with Crippen molar-refractivity contribution in [2.45, 2.75) is 90.6 Å². The average Bonchev–Trinajstić information content (AvgIpc) is 2.82. The summed E-state index contributed by atoms with van der Waals surface area (Å²) >= 11 is 0. The molecule has 0 fully saturated rings. The van der Waals surface area contributed by atoms with Crippen molar-refractivity contribution in [2.75, 3.05) is 0 Å². The maximum Gasteiger partial charge on any atom is 0.309 e. The first-order valence-electron chi connectivity index (χ1n) is 12.8. The molecule has 1 aliphatic rings. The summed E-state index contributed by atoms with van der Waals surface area (Å²) in [5.41, 5.74) is 0.790. The maximum absolute atomic E-state index is 12.6. The normalized spacial score (nSPS) is 30.1. The minimum atomic E-state index is -1.38. The second-order valence-corrected chi connectivity index (χ2v) is 10.2. The SMILES string of the molecule is CC(=O)O[C@H]1/C=C/[C@H](C)[C@@H](/C(C)=C/C=C/C(C)CCc2ccccc2)OC(=O)C[C@@H](O)CC[C@]1(C)O. The van der Waals surface area contributed by atoms with Crippen LogP contribution in [0.1, 0.15) is 65.9 Å². The van der Waals surface area contributed by atoms with E-state index < -0.39 is 35.9 Å².